The fourth-order valence-corrected chi connectivity index (χ4v) is 1.27. The van der Waals surface area contributed by atoms with Gasteiger partial charge in [-0.3, -0.25) is 0 Å². The molecule has 1 aromatic carbocycles. The molecule has 0 aromatic heterocycles. The van der Waals surface area contributed by atoms with Crippen LogP contribution in [-0.2, 0) is 6.42 Å². The van der Waals surface area contributed by atoms with Crippen molar-refractivity contribution in [1.82, 2.24) is 0 Å². The Kier molecular flexibility index (Phi) is 3.05. The molecule has 0 saturated heterocycles. The molecule has 1 N–H and O–H groups in total. The molecule has 68 valence electrons. The second-order valence-corrected chi connectivity index (χ2v) is 3.49. The van der Waals surface area contributed by atoms with Gasteiger partial charge in [0.15, 0.2) is 0 Å². The summed E-state index contributed by atoms with van der Waals surface area (Å²) in [6.07, 6.45) is 0.698. The van der Waals surface area contributed by atoms with Crippen molar-refractivity contribution in [2.24, 2.45) is 0 Å². The Bertz CT molecular complexity index is 298. The van der Waals surface area contributed by atoms with E-state index in [1.54, 1.807) is 6.92 Å². The van der Waals surface area contributed by atoms with E-state index in [0.29, 0.717) is 6.42 Å². The number of hydrogen-bond acceptors (Lipinski definition) is 2. The number of hydrogen-bond donors (Lipinski definition) is 1. The van der Waals surface area contributed by atoms with Crippen LogP contribution >= 0.6 is 0 Å². The largest absolute Gasteiger partial charge is 0.389 e. The van der Waals surface area contributed by atoms with Crippen molar-refractivity contribution >= 4 is 0 Å². The van der Waals surface area contributed by atoms with Crippen LogP contribution in [0.25, 0.3) is 0 Å². The number of rotatable bonds is 3. The quantitative estimate of drug-likeness (QED) is 0.762. The summed E-state index contributed by atoms with van der Waals surface area (Å²) in [6, 6.07) is 11.7. The second-order valence-electron chi connectivity index (χ2n) is 3.49. The standard InChI is InChI=1S/C11H13NO/c1-11(13,7-8-12)9-10-5-3-2-4-6-10/h2-6,13H,7,9H2,1H3/t11-/m1/s1. The normalized spacial score (nSPS) is 14.5. The molecule has 0 aliphatic heterocycles. The monoisotopic (exact) mass is 175 g/mol. The van der Waals surface area contributed by atoms with Crippen molar-refractivity contribution in [1.29, 1.82) is 5.26 Å². The first-order valence-electron chi connectivity index (χ1n) is 4.27. The maximum absolute atomic E-state index is 9.75. The van der Waals surface area contributed by atoms with Gasteiger partial charge < -0.3 is 5.11 Å². The van der Waals surface area contributed by atoms with E-state index in [-0.39, 0.29) is 6.42 Å². The van der Waals surface area contributed by atoms with Crippen molar-refractivity contribution in [3.8, 4) is 6.07 Å². The Morgan fingerprint density at radius 1 is 1.38 bits per heavy atom. The van der Waals surface area contributed by atoms with Gasteiger partial charge in [0.1, 0.15) is 0 Å². The molecule has 0 fully saturated rings. The second kappa shape index (κ2) is 4.06. The van der Waals surface area contributed by atoms with Gasteiger partial charge in [-0.15, -0.1) is 0 Å². The molecule has 13 heavy (non-hydrogen) atoms. The number of nitriles is 1. The van der Waals surface area contributed by atoms with E-state index < -0.39 is 5.60 Å². The Morgan fingerprint density at radius 2 is 2.00 bits per heavy atom. The van der Waals surface area contributed by atoms with Gasteiger partial charge >= 0.3 is 0 Å². The molecule has 1 rings (SSSR count). The Balaban J connectivity index is 2.65. The number of benzene rings is 1. The first-order valence-corrected chi connectivity index (χ1v) is 4.27. The van der Waals surface area contributed by atoms with Crippen molar-refractivity contribution in [2.75, 3.05) is 0 Å². The van der Waals surface area contributed by atoms with Crippen LogP contribution in [0.4, 0.5) is 0 Å². The zero-order chi connectivity index (χ0) is 9.73. The van der Waals surface area contributed by atoms with E-state index >= 15 is 0 Å². The smallest absolute Gasteiger partial charge is 0.0789 e. The third-order valence-electron chi connectivity index (χ3n) is 1.89. The predicted octanol–water partition coefficient (Wildman–Crippen LogP) is 1.89. The predicted molar refractivity (Wildman–Crippen MR) is 51.0 cm³/mol. The molecule has 0 aliphatic carbocycles. The highest BCUT2D eigenvalue weighted by molar-refractivity contribution is 5.17. The van der Waals surface area contributed by atoms with Crippen LogP contribution in [0.15, 0.2) is 30.3 Å². The summed E-state index contributed by atoms with van der Waals surface area (Å²) in [6.45, 7) is 1.68. The summed E-state index contributed by atoms with van der Waals surface area (Å²) in [7, 11) is 0. The highest BCUT2D eigenvalue weighted by Gasteiger charge is 2.19. The molecule has 0 aliphatic rings. The van der Waals surface area contributed by atoms with Gasteiger partial charge in [-0.05, 0) is 12.5 Å². The zero-order valence-electron chi connectivity index (χ0n) is 7.70. The van der Waals surface area contributed by atoms with E-state index in [2.05, 4.69) is 0 Å². The lowest BCUT2D eigenvalue weighted by molar-refractivity contribution is 0.0654. The van der Waals surface area contributed by atoms with Crippen LogP contribution in [0.2, 0.25) is 0 Å². The summed E-state index contributed by atoms with van der Waals surface area (Å²) >= 11 is 0. The molecule has 2 heteroatoms. The Morgan fingerprint density at radius 3 is 2.54 bits per heavy atom. The van der Waals surface area contributed by atoms with Crippen molar-refractivity contribution in [3.63, 3.8) is 0 Å². The van der Waals surface area contributed by atoms with Gasteiger partial charge in [0, 0.05) is 6.42 Å². The Labute approximate surface area is 78.4 Å². The summed E-state index contributed by atoms with van der Waals surface area (Å²) < 4.78 is 0. The summed E-state index contributed by atoms with van der Waals surface area (Å²) in [4.78, 5) is 0. The van der Waals surface area contributed by atoms with Gasteiger partial charge in [-0.2, -0.15) is 5.26 Å². The molecule has 1 atom stereocenters. The summed E-state index contributed by atoms with van der Waals surface area (Å²) in [5, 5.41) is 18.2. The third kappa shape index (κ3) is 3.27. The van der Waals surface area contributed by atoms with Gasteiger partial charge in [0.05, 0.1) is 18.1 Å². The molecular weight excluding hydrogens is 162 g/mol. The summed E-state index contributed by atoms with van der Waals surface area (Å²) in [5.41, 5.74) is 0.151. The lowest BCUT2D eigenvalue weighted by Crippen LogP contribution is -2.26. The maximum atomic E-state index is 9.75. The van der Waals surface area contributed by atoms with Crippen molar-refractivity contribution in [3.05, 3.63) is 35.9 Å². The highest BCUT2D eigenvalue weighted by Crippen LogP contribution is 2.15. The van der Waals surface area contributed by atoms with Crippen LogP contribution in [0.1, 0.15) is 18.9 Å². The first-order chi connectivity index (χ1) is 6.14. The molecule has 0 spiro atoms. The van der Waals surface area contributed by atoms with E-state index in [9.17, 15) is 5.11 Å². The molecule has 1 aromatic rings. The fraction of sp³-hybridized carbons (Fsp3) is 0.364. The van der Waals surface area contributed by atoms with Crippen LogP contribution < -0.4 is 0 Å². The van der Waals surface area contributed by atoms with Crippen LogP contribution in [0.5, 0.6) is 0 Å². The van der Waals surface area contributed by atoms with E-state index in [1.807, 2.05) is 36.4 Å². The van der Waals surface area contributed by atoms with Gasteiger partial charge in [-0.1, -0.05) is 30.3 Å². The molecule has 0 heterocycles. The van der Waals surface area contributed by atoms with E-state index in [1.165, 1.54) is 0 Å². The topological polar surface area (TPSA) is 44.0 Å². The van der Waals surface area contributed by atoms with E-state index in [0.717, 1.165) is 5.56 Å². The molecular formula is C11H13NO. The van der Waals surface area contributed by atoms with Gasteiger partial charge in [-0.25, -0.2) is 0 Å². The maximum Gasteiger partial charge on any atom is 0.0789 e. The molecule has 2 nitrogen and oxygen atoms in total. The minimum Gasteiger partial charge on any atom is -0.389 e. The first kappa shape index (κ1) is 9.76. The minimum absolute atomic E-state index is 0.169. The molecule has 0 saturated carbocycles. The molecule has 0 radical (unpaired) electrons. The SMILES string of the molecule is C[C@@](O)(CC#N)Cc1ccccc1. The van der Waals surface area contributed by atoms with Gasteiger partial charge in [0.25, 0.3) is 0 Å². The third-order valence-corrected chi connectivity index (χ3v) is 1.89. The average molecular weight is 175 g/mol. The average Bonchev–Trinajstić information content (AvgIpc) is 2.04. The van der Waals surface area contributed by atoms with Crippen molar-refractivity contribution < 1.29 is 5.11 Å². The summed E-state index contributed by atoms with van der Waals surface area (Å²) in [5.74, 6) is 0. The van der Waals surface area contributed by atoms with Crippen LogP contribution in [-0.4, -0.2) is 10.7 Å². The van der Waals surface area contributed by atoms with Crippen LogP contribution in [0, 0.1) is 11.3 Å². The van der Waals surface area contributed by atoms with E-state index in [4.69, 9.17) is 5.26 Å². The fourth-order valence-electron chi connectivity index (χ4n) is 1.27. The van der Waals surface area contributed by atoms with Crippen molar-refractivity contribution in [2.45, 2.75) is 25.4 Å². The highest BCUT2D eigenvalue weighted by atomic mass is 16.3. The minimum atomic E-state index is -0.907. The van der Waals surface area contributed by atoms with Crippen LogP contribution in [0.3, 0.4) is 0 Å². The Hall–Kier alpha value is -1.33. The zero-order valence-corrected chi connectivity index (χ0v) is 7.70. The lowest BCUT2D eigenvalue weighted by atomic mass is 9.94. The molecule has 0 bridgehead atoms. The van der Waals surface area contributed by atoms with Gasteiger partial charge in [0.2, 0.25) is 0 Å². The molecule has 0 unspecified atom stereocenters. The number of nitrogens with zero attached hydrogens (tertiary/aromatic N) is 1. The number of aliphatic hydroxyl groups is 1. The lowest BCUT2D eigenvalue weighted by Gasteiger charge is -2.19. The molecule has 0 amide bonds.